The Balaban J connectivity index is 3.95. The average Bonchev–Trinajstić information content (AvgIpc) is 2.74. The van der Waals surface area contributed by atoms with E-state index in [2.05, 4.69) is 62.5 Å². The van der Waals surface area contributed by atoms with Gasteiger partial charge < -0.3 is 9.84 Å². The fraction of sp³-hybridized carbons (Fsp3) is 0.556. The summed E-state index contributed by atoms with van der Waals surface area (Å²) in [5.74, 6) is -1.04. The number of hydrogen-bond donors (Lipinski definition) is 1. The van der Waals surface area contributed by atoms with Gasteiger partial charge in [-0.05, 0) is 51.4 Å². The van der Waals surface area contributed by atoms with Crippen LogP contribution in [0, 0.1) is 0 Å². The van der Waals surface area contributed by atoms with Crippen LogP contribution < -0.4 is 0 Å². The number of carbonyl (C=O) groups excluding carboxylic acids is 1. The summed E-state index contributed by atoms with van der Waals surface area (Å²) in [5, 5.41) is 8.76. The standard InChI is InChI=1S/C27H42O4/c1-3-5-7-8-9-10-11-12-13-14-15-16-17-18-19-24-27(30)31-25(21-6-4-2)22-20-23-26(28)29/h5,7,9-10,12-13,15-16,18-19,25H,3-4,6,8,11,14,17,20-24H2,1-2H3,(H,28,29)/b7-5-,10-9-,13-12-,16-15-,19-18-. The molecular weight excluding hydrogens is 388 g/mol. The number of ether oxygens (including phenoxy) is 1. The molecule has 1 unspecified atom stereocenters. The molecule has 0 heterocycles. The second-order valence-electron chi connectivity index (χ2n) is 7.45. The largest absolute Gasteiger partial charge is 0.481 e. The number of allylic oxidation sites excluding steroid dienone is 9. The minimum Gasteiger partial charge on any atom is -0.481 e. The smallest absolute Gasteiger partial charge is 0.309 e. The monoisotopic (exact) mass is 430 g/mol. The first kappa shape index (κ1) is 28.6. The van der Waals surface area contributed by atoms with Gasteiger partial charge in [-0.2, -0.15) is 0 Å². The number of unbranched alkanes of at least 4 members (excludes halogenated alkanes) is 1. The highest BCUT2D eigenvalue weighted by atomic mass is 16.5. The third kappa shape index (κ3) is 22.2. The summed E-state index contributed by atoms with van der Waals surface area (Å²) in [6.45, 7) is 4.23. The van der Waals surface area contributed by atoms with Gasteiger partial charge in [0.25, 0.3) is 0 Å². The normalized spacial score (nSPS) is 13.4. The highest BCUT2D eigenvalue weighted by Crippen LogP contribution is 2.14. The second kappa shape index (κ2) is 22.3. The van der Waals surface area contributed by atoms with E-state index in [9.17, 15) is 9.59 Å². The highest BCUT2D eigenvalue weighted by molar-refractivity contribution is 5.71. The van der Waals surface area contributed by atoms with Gasteiger partial charge in [0.05, 0.1) is 6.42 Å². The quantitative estimate of drug-likeness (QED) is 0.170. The van der Waals surface area contributed by atoms with Crippen molar-refractivity contribution in [2.75, 3.05) is 0 Å². The van der Waals surface area contributed by atoms with Crippen molar-refractivity contribution in [3.05, 3.63) is 60.8 Å². The van der Waals surface area contributed by atoms with Crippen molar-refractivity contribution < 1.29 is 19.4 Å². The van der Waals surface area contributed by atoms with Crippen LogP contribution in [0.15, 0.2) is 60.8 Å². The maximum Gasteiger partial charge on any atom is 0.309 e. The molecule has 0 radical (unpaired) electrons. The summed E-state index contributed by atoms with van der Waals surface area (Å²) in [4.78, 5) is 22.7. The van der Waals surface area contributed by atoms with Crippen molar-refractivity contribution in [1.82, 2.24) is 0 Å². The third-order valence-corrected chi connectivity index (χ3v) is 4.54. The lowest BCUT2D eigenvalue weighted by atomic mass is 10.1. The Morgan fingerprint density at radius 3 is 1.71 bits per heavy atom. The Morgan fingerprint density at radius 2 is 1.23 bits per heavy atom. The maximum absolute atomic E-state index is 12.0. The summed E-state index contributed by atoms with van der Waals surface area (Å²) in [6.07, 6.45) is 30.0. The van der Waals surface area contributed by atoms with E-state index >= 15 is 0 Å². The van der Waals surface area contributed by atoms with Gasteiger partial charge in [-0.1, -0.05) is 87.4 Å². The minimum absolute atomic E-state index is 0.120. The number of esters is 1. The van der Waals surface area contributed by atoms with E-state index in [1.807, 2.05) is 12.2 Å². The van der Waals surface area contributed by atoms with Crippen molar-refractivity contribution in [3.8, 4) is 0 Å². The number of carboxylic acids is 1. The first-order valence-electron chi connectivity index (χ1n) is 11.8. The van der Waals surface area contributed by atoms with Crippen molar-refractivity contribution in [3.63, 3.8) is 0 Å². The Kier molecular flexibility index (Phi) is 20.6. The Labute approximate surface area is 189 Å². The fourth-order valence-electron chi connectivity index (χ4n) is 2.84. The van der Waals surface area contributed by atoms with Crippen LogP contribution in [0.1, 0.15) is 90.9 Å². The zero-order valence-corrected chi connectivity index (χ0v) is 19.5. The predicted octanol–water partition coefficient (Wildman–Crippen LogP) is 7.48. The van der Waals surface area contributed by atoms with Crippen LogP contribution in [0.5, 0.6) is 0 Å². The molecule has 0 spiro atoms. The van der Waals surface area contributed by atoms with Gasteiger partial charge in [0.15, 0.2) is 0 Å². The lowest BCUT2D eigenvalue weighted by Gasteiger charge is -2.17. The van der Waals surface area contributed by atoms with E-state index in [1.54, 1.807) is 0 Å². The topological polar surface area (TPSA) is 63.6 Å². The molecule has 0 rings (SSSR count). The molecule has 0 aromatic rings. The zero-order chi connectivity index (χ0) is 23.0. The van der Waals surface area contributed by atoms with E-state index in [0.717, 1.165) is 51.4 Å². The molecule has 31 heavy (non-hydrogen) atoms. The number of carbonyl (C=O) groups is 2. The van der Waals surface area contributed by atoms with Gasteiger partial charge in [-0.3, -0.25) is 9.59 Å². The van der Waals surface area contributed by atoms with Crippen LogP contribution in [0.3, 0.4) is 0 Å². The molecule has 0 bridgehead atoms. The molecule has 4 nitrogen and oxygen atoms in total. The van der Waals surface area contributed by atoms with E-state index in [0.29, 0.717) is 12.8 Å². The molecule has 174 valence electrons. The lowest BCUT2D eigenvalue weighted by Crippen LogP contribution is -2.18. The van der Waals surface area contributed by atoms with E-state index in [4.69, 9.17) is 9.84 Å². The molecule has 4 heteroatoms. The van der Waals surface area contributed by atoms with Gasteiger partial charge >= 0.3 is 11.9 Å². The summed E-state index contributed by atoms with van der Waals surface area (Å²) >= 11 is 0. The SMILES string of the molecule is CC/C=C\C/C=C\C/C=C\C/C=C\C/C=C\CC(=O)OC(CCCC)CCCC(=O)O. The fourth-order valence-corrected chi connectivity index (χ4v) is 2.84. The van der Waals surface area contributed by atoms with Gasteiger partial charge in [0.1, 0.15) is 6.10 Å². The molecule has 0 aromatic carbocycles. The van der Waals surface area contributed by atoms with Gasteiger partial charge in [0.2, 0.25) is 0 Å². The van der Waals surface area contributed by atoms with Gasteiger partial charge in [-0.15, -0.1) is 0 Å². The highest BCUT2D eigenvalue weighted by Gasteiger charge is 2.13. The van der Waals surface area contributed by atoms with Crippen LogP contribution in [-0.4, -0.2) is 23.1 Å². The van der Waals surface area contributed by atoms with Crippen LogP contribution in [-0.2, 0) is 14.3 Å². The summed E-state index contributed by atoms with van der Waals surface area (Å²) in [5.41, 5.74) is 0. The first-order chi connectivity index (χ1) is 15.1. The Hall–Kier alpha value is -2.36. The molecule has 0 saturated heterocycles. The number of carboxylic acid groups (broad SMARTS) is 1. The predicted molar refractivity (Wildman–Crippen MR) is 130 cm³/mol. The molecule has 0 amide bonds. The van der Waals surface area contributed by atoms with Crippen molar-refractivity contribution >= 4 is 11.9 Å². The first-order valence-corrected chi connectivity index (χ1v) is 11.8. The van der Waals surface area contributed by atoms with E-state index in [1.165, 1.54) is 0 Å². The maximum atomic E-state index is 12.0. The Bertz CT molecular complexity index is 596. The van der Waals surface area contributed by atoms with Crippen LogP contribution in [0.2, 0.25) is 0 Å². The summed E-state index contributed by atoms with van der Waals surface area (Å²) in [6, 6.07) is 0. The molecule has 0 aliphatic carbocycles. The Morgan fingerprint density at radius 1 is 0.742 bits per heavy atom. The third-order valence-electron chi connectivity index (χ3n) is 4.54. The molecule has 1 atom stereocenters. The summed E-state index contributed by atoms with van der Waals surface area (Å²) < 4.78 is 5.53. The molecule has 0 saturated carbocycles. The van der Waals surface area contributed by atoms with Crippen LogP contribution >= 0.6 is 0 Å². The number of hydrogen-bond acceptors (Lipinski definition) is 3. The minimum atomic E-state index is -0.806. The molecule has 0 aliphatic heterocycles. The lowest BCUT2D eigenvalue weighted by molar-refractivity contribution is -0.148. The second-order valence-corrected chi connectivity index (χ2v) is 7.45. The van der Waals surface area contributed by atoms with Crippen LogP contribution in [0.4, 0.5) is 0 Å². The van der Waals surface area contributed by atoms with Crippen molar-refractivity contribution in [2.24, 2.45) is 0 Å². The van der Waals surface area contributed by atoms with Crippen LogP contribution in [0.25, 0.3) is 0 Å². The number of rotatable bonds is 19. The molecule has 0 aromatic heterocycles. The number of aliphatic carboxylic acids is 1. The van der Waals surface area contributed by atoms with E-state index in [-0.39, 0.29) is 24.9 Å². The van der Waals surface area contributed by atoms with Crippen molar-refractivity contribution in [1.29, 1.82) is 0 Å². The summed E-state index contributed by atoms with van der Waals surface area (Å²) in [7, 11) is 0. The van der Waals surface area contributed by atoms with Gasteiger partial charge in [-0.25, -0.2) is 0 Å². The molecular formula is C27H42O4. The molecule has 1 N–H and O–H groups in total. The zero-order valence-electron chi connectivity index (χ0n) is 19.5. The van der Waals surface area contributed by atoms with Gasteiger partial charge in [0, 0.05) is 6.42 Å². The molecule has 0 aliphatic rings. The average molecular weight is 431 g/mol. The van der Waals surface area contributed by atoms with E-state index < -0.39 is 5.97 Å². The molecule has 0 fully saturated rings. The van der Waals surface area contributed by atoms with Crippen molar-refractivity contribution in [2.45, 2.75) is 97.0 Å².